The Labute approximate surface area is 206 Å². The smallest absolute Gasteiger partial charge is 0.287 e. The van der Waals surface area contributed by atoms with Gasteiger partial charge in [-0.25, -0.2) is 0 Å². The minimum Gasteiger partial charge on any atom is -0.467 e. The van der Waals surface area contributed by atoms with Crippen LogP contribution >= 0.6 is 11.6 Å². The number of hydrogen-bond donors (Lipinski definition) is 2. The minimum absolute atomic E-state index is 0.0721. The summed E-state index contributed by atoms with van der Waals surface area (Å²) in [5, 5.41) is 5.77. The largest absolute Gasteiger partial charge is 0.467 e. The van der Waals surface area contributed by atoms with Crippen LogP contribution in [0.15, 0.2) is 100 Å². The molecule has 3 amide bonds. The maximum Gasteiger partial charge on any atom is 0.287 e. The van der Waals surface area contributed by atoms with Gasteiger partial charge in [-0.05, 0) is 48.0 Å². The van der Waals surface area contributed by atoms with Crippen LogP contribution in [0.3, 0.4) is 0 Å². The quantitative estimate of drug-likeness (QED) is 0.362. The topological polar surface area (TPSA) is 105 Å². The zero-order valence-corrected chi connectivity index (χ0v) is 19.3. The maximum absolute atomic E-state index is 13.5. The number of carbonyl (C=O) groups is 3. The Morgan fingerprint density at radius 3 is 2.31 bits per heavy atom. The summed E-state index contributed by atoms with van der Waals surface area (Å²) in [6, 6.07) is 21.0. The first kappa shape index (κ1) is 23.8. The lowest BCUT2D eigenvalue weighted by Crippen LogP contribution is -2.47. The number of amides is 3. The molecule has 0 bridgehead atoms. The number of halogens is 1. The van der Waals surface area contributed by atoms with Crippen LogP contribution in [0, 0.1) is 0 Å². The number of hydrogen-bond acceptors (Lipinski definition) is 5. The molecule has 0 aliphatic carbocycles. The van der Waals surface area contributed by atoms with Crippen LogP contribution in [0.25, 0.3) is 0 Å². The molecule has 0 fully saturated rings. The molecule has 0 saturated carbocycles. The Morgan fingerprint density at radius 1 is 0.857 bits per heavy atom. The molecule has 4 aromatic rings. The summed E-state index contributed by atoms with van der Waals surface area (Å²) >= 11 is 6.21. The Bertz CT molecular complexity index is 1270. The molecule has 0 saturated heterocycles. The lowest BCUT2D eigenvalue weighted by atomic mass is 10.0. The molecule has 0 aliphatic heterocycles. The zero-order valence-electron chi connectivity index (χ0n) is 18.5. The number of furan rings is 2. The van der Waals surface area contributed by atoms with Gasteiger partial charge in [-0.15, -0.1) is 0 Å². The van der Waals surface area contributed by atoms with Crippen molar-refractivity contribution in [1.29, 1.82) is 0 Å². The molecule has 178 valence electrons. The predicted octanol–water partition coefficient (Wildman–Crippen LogP) is 4.35. The third kappa shape index (κ3) is 5.99. The van der Waals surface area contributed by atoms with Crippen molar-refractivity contribution in [3.63, 3.8) is 0 Å². The van der Waals surface area contributed by atoms with Crippen molar-refractivity contribution >= 4 is 35.0 Å². The van der Waals surface area contributed by atoms with E-state index in [0.717, 1.165) is 0 Å². The lowest BCUT2D eigenvalue weighted by molar-refractivity contribution is -0.126. The van der Waals surface area contributed by atoms with Gasteiger partial charge in [-0.2, -0.15) is 0 Å². The maximum atomic E-state index is 13.5. The van der Waals surface area contributed by atoms with E-state index in [4.69, 9.17) is 20.4 Å². The highest BCUT2D eigenvalue weighted by Gasteiger charge is 2.33. The fraction of sp³-hybridized carbons (Fsp3) is 0.115. The van der Waals surface area contributed by atoms with Gasteiger partial charge >= 0.3 is 0 Å². The number of anilines is 1. The highest BCUT2D eigenvalue weighted by atomic mass is 35.5. The molecule has 2 N–H and O–H groups in total. The first-order valence-corrected chi connectivity index (χ1v) is 11.1. The van der Waals surface area contributed by atoms with Crippen molar-refractivity contribution in [1.82, 2.24) is 10.6 Å². The van der Waals surface area contributed by atoms with Gasteiger partial charge < -0.3 is 19.5 Å². The van der Waals surface area contributed by atoms with E-state index < -0.39 is 23.8 Å². The summed E-state index contributed by atoms with van der Waals surface area (Å²) in [5.41, 5.74) is 0.979. The van der Waals surface area contributed by atoms with Crippen LogP contribution in [0.1, 0.15) is 27.9 Å². The van der Waals surface area contributed by atoms with Crippen molar-refractivity contribution in [2.45, 2.75) is 12.6 Å². The van der Waals surface area contributed by atoms with Gasteiger partial charge in [-0.1, -0.05) is 48.0 Å². The normalized spacial score (nSPS) is 11.5. The monoisotopic (exact) mass is 491 g/mol. The van der Waals surface area contributed by atoms with Gasteiger partial charge in [0.25, 0.3) is 5.91 Å². The number of nitrogens with zero attached hydrogens (tertiary/aromatic N) is 1. The average Bonchev–Trinajstić information content (AvgIpc) is 3.59. The molecule has 1 atom stereocenters. The van der Waals surface area contributed by atoms with E-state index in [1.54, 1.807) is 66.7 Å². The van der Waals surface area contributed by atoms with E-state index in [2.05, 4.69) is 10.6 Å². The average molecular weight is 492 g/mol. The molecule has 2 aromatic heterocycles. The van der Waals surface area contributed by atoms with Crippen LogP contribution in [-0.4, -0.2) is 24.3 Å². The van der Waals surface area contributed by atoms with Gasteiger partial charge in [0.05, 0.1) is 25.6 Å². The fourth-order valence-electron chi connectivity index (χ4n) is 3.54. The third-order valence-electron chi connectivity index (χ3n) is 5.14. The van der Waals surface area contributed by atoms with Gasteiger partial charge in [0.2, 0.25) is 11.8 Å². The number of carbonyl (C=O) groups excluding carboxylic acids is 3. The Morgan fingerprint density at radius 2 is 1.63 bits per heavy atom. The summed E-state index contributed by atoms with van der Waals surface area (Å²) in [6.07, 6.45) is 2.88. The molecule has 0 aliphatic rings. The lowest BCUT2D eigenvalue weighted by Gasteiger charge is -2.31. The molecule has 0 spiro atoms. The van der Waals surface area contributed by atoms with Crippen LogP contribution in [-0.2, 0) is 16.1 Å². The van der Waals surface area contributed by atoms with Crippen LogP contribution in [0.5, 0.6) is 0 Å². The molecule has 4 rings (SSSR count). The van der Waals surface area contributed by atoms with Crippen molar-refractivity contribution in [3.05, 3.63) is 113 Å². The van der Waals surface area contributed by atoms with Gasteiger partial charge in [0.1, 0.15) is 11.8 Å². The van der Waals surface area contributed by atoms with E-state index in [1.807, 2.05) is 6.07 Å². The zero-order chi connectivity index (χ0) is 24.6. The second-order valence-corrected chi connectivity index (χ2v) is 7.95. The predicted molar refractivity (Wildman–Crippen MR) is 130 cm³/mol. The van der Waals surface area contributed by atoms with Crippen LogP contribution in [0.2, 0.25) is 5.02 Å². The number of nitrogens with one attached hydrogen (secondary N) is 2. The molecule has 0 radical (unpaired) electrons. The SMILES string of the molecule is O=C(NCC(=O)N(c1cccc(Cl)c1)C(C(=O)NCc1ccco1)c1ccccc1)c1ccco1. The third-order valence-corrected chi connectivity index (χ3v) is 5.37. The van der Waals surface area contributed by atoms with E-state index in [1.165, 1.54) is 23.5 Å². The first-order valence-electron chi connectivity index (χ1n) is 10.8. The first-order chi connectivity index (χ1) is 17.0. The van der Waals surface area contributed by atoms with Crippen LogP contribution < -0.4 is 15.5 Å². The summed E-state index contributed by atoms with van der Waals surface area (Å²) in [7, 11) is 0. The Balaban J connectivity index is 1.65. The minimum atomic E-state index is -1.04. The van der Waals surface area contributed by atoms with Crippen molar-refractivity contribution < 1.29 is 23.2 Å². The molecular weight excluding hydrogens is 470 g/mol. The standard InChI is InChI=1S/C26H22ClN3O5/c27-19-9-4-10-20(15-19)30(23(31)17-29-25(32)22-12-6-14-35-22)24(18-7-2-1-3-8-18)26(33)28-16-21-11-5-13-34-21/h1-15,24H,16-17H2,(H,28,33)(H,29,32). The summed E-state index contributed by atoms with van der Waals surface area (Å²) in [4.78, 5) is 40.7. The Kier molecular flexibility index (Phi) is 7.64. The second kappa shape index (κ2) is 11.2. The molecule has 35 heavy (non-hydrogen) atoms. The molecule has 1 unspecified atom stereocenters. The Hall–Kier alpha value is -4.30. The second-order valence-electron chi connectivity index (χ2n) is 7.51. The van der Waals surface area contributed by atoms with E-state index in [9.17, 15) is 14.4 Å². The van der Waals surface area contributed by atoms with Crippen molar-refractivity contribution in [3.8, 4) is 0 Å². The van der Waals surface area contributed by atoms with Gasteiger partial charge in [-0.3, -0.25) is 19.3 Å². The van der Waals surface area contributed by atoms with Gasteiger partial charge in [0, 0.05) is 10.7 Å². The molecule has 8 nitrogen and oxygen atoms in total. The van der Waals surface area contributed by atoms with E-state index >= 15 is 0 Å². The van der Waals surface area contributed by atoms with Gasteiger partial charge in [0.15, 0.2) is 5.76 Å². The number of rotatable bonds is 9. The number of benzene rings is 2. The summed E-state index contributed by atoms with van der Waals surface area (Å²) < 4.78 is 10.4. The van der Waals surface area contributed by atoms with Crippen molar-refractivity contribution in [2.24, 2.45) is 0 Å². The highest BCUT2D eigenvalue weighted by molar-refractivity contribution is 6.31. The molecular formula is C26H22ClN3O5. The fourth-order valence-corrected chi connectivity index (χ4v) is 3.72. The van der Waals surface area contributed by atoms with Crippen molar-refractivity contribution in [2.75, 3.05) is 11.4 Å². The van der Waals surface area contributed by atoms with E-state index in [-0.39, 0.29) is 18.8 Å². The summed E-state index contributed by atoms with van der Waals surface area (Å²) in [6.45, 7) is -0.233. The molecule has 9 heteroatoms. The summed E-state index contributed by atoms with van der Waals surface area (Å²) in [5.74, 6) is -0.861. The molecule has 2 heterocycles. The highest BCUT2D eigenvalue weighted by Crippen LogP contribution is 2.30. The van der Waals surface area contributed by atoms with E-state index in [0.29, 0.717) is 22.0 Å². The molecule has 2 aromatic carbocycles. The van der Waals surface area contributed by atoms with Crippen LogP contribution in [0.4, 0.5) is 5.69 Å².